The topological polar surface area (TPSA) is 65.8 Å². The molecule has 3 rings (SSSR count). The number of rotatable bonds is 5. The van der Waals surface area contributed by atoms with Crippen molar-refractivity contribution in [3.63, 3.8) is 0 Å². The van der Waals surface area contributed by atoms with Gasteiger partial charge in [0.1, 0.15) is 16.9 Å². The number of nitrogens with zero attached hydrogens (tertiary/aromatic N) is 2. The van der Waals surface area contributed by atoms with Crippen LogP contribution in [0.3, 0.4) is 0 Å². The summed E-state index contributed by atoms with van der Waals surface area (Å²) in [5.41, 5.74) is 0.198. The first kappa shape index (κ1) is 20.5. The monoisotopic (exact) mass is 419 g/mol. The quantitative estimate of drug-likeness (QED) is 0.599. The summed E-state index contributed by atoms with van der Waals surface area (Å²) in [5.74, 6) is -1.12. The Morgan fingerprint density at radius 1 is 1.17 bits per heavy atom. The van der Waals surface area contributed by atoms with Gasteiger partial charge in [0, 0.05) is 16.5 Å². The number of alkyl halides is 3. The number of carbonyl (C=O) groups is 1. The van der Waals surface area contributed by atoms with E-state index in [0.29, 0.717) is 16.3 Å². The highest BCUT2D eigenvalue weighted by molar-refractivity contribution is 7.13. The summed E-state index contributed by atoms with van der Waals surface area (Å²) < 4.78 is 51.8. The number of thiazole rings is 1. The number of nitriles is 1. The number of halogens is 4. The van der Waals surface area contributed by atoms with E-state index in [4.69, 9.17) is 0 Å². The zero-order chi connectivity index (χ0) is 21.0. The molecule has 1 atom stereocenters. The normalized spacial score (nSPS) is 12.2. The first-order chi connectivity index (χ1) is 13.8. The van der Waals surface area contributed by atoms with Crippen LogP contribution in [0.25, 0.3) is 10.6 Å². The summed E-state index contributed by atoms with van der Waals surface area (Å²) >= 11 is 1.18. The third-order valence-electron chi connectivity index (χ3n) is 4.00. The van der Waals surface area contributed by atoms with Crippen LogP contribution >= 0.6 is 11.3 Å². The highest BCUT2D eigenvalue weighted by Gasteiger charge is 2.30. The molecule has 0 bridgehead atoms. The minimum atomic E-state index is -4.42. The highest BCUT2D eigenvalue weighted by atomic mass is 32.1. The van der Waals surface area contributed by atoms with Crippen molar-refractivity contribution >= 4 is 17.2 Å². The van der Waals surface area contributed by atoms with Gasteiger partial charge < -0.3 is 5.32 Å². The molecular formula is C20H13F4N3OS. The van der Waals surface area contributed by atoms with Crippen molar-refractivity contribution in [2.75, 3.05) is 0 Å². The second-order valence-corrected chi connectivity index (χ2v) is 6.91. The molecule has 0 saturated heterocycles. The summed E-state index contributed by atoms with van der Waals surface area (Å²) in [6, 6.07) is 10.9. The molecule has 1 N–H and O–H groups in total. The molecule has 148 valence electrons. The summed E-state index contributed by atoms with van der Waals surface area (Å²) in [6.07, 6.45) is -4.57. The van der Waals surface area contributed by atoms with Crippen molar-refractivity contribution in [2.24, 2.45) is 0 Å². The number of amides is 1. The molecule has 29 heavy (non-hydrogen) atoms. The van der Waals surface area contributed by atoms with Crippen molar-refractivity contribution in [3.8, 4) is 16.6 Å². The maximum Gasteiger partial charge on any atom is 0.416 e. The molecule has 0 aliphatic rings. The predicted octanol–water partition coefficient (Wildman–Crippen LogP) is 4.89. The molecule has 1 heterocycles. The van der Waals surface area contributed by atoms with E-state index in [1.54, 1.807) is 11.4 Å². The molecule has 0 spiro atoms. The van der Waals surface area contributed by atoms with E-state index in [1.165, 1.54) is 41.7 Å². The fraction of sp³-hybridized carbons (Fsp3) is 0.150. The van der Waals surface area contributed by atoms with Gasteiger partial charge in [-0.25, -0.2) is 9.37 Å². The second kappa shape index (κ2) is 8.41. The van der Waals surface area contributed by atoms with Gasteiger partial charge in [-0.1, -0.05) is 30.3 Å². The Labute approximate surface area is 167 Å². The highest BCUT2D eigenvalue weighted by Crippen LogP contribution is 2.31. The Hall–Kier alpha value is -3.25. The van der Waals surface area contributed by atoms with Gasteiger partial charge in [-0.15, -0.1) is 11.3 Å². The lowest BCUT2D eigenvalue weighted by Gasteiger charge is -2.12. The number of hydrogen-bond acceptors (Lipinski definition) is 4. The van der Waals surface area contributed by atoms with E-state index in [9.17, 15) is 27.6 Å². The summed E-state index contributed by atoms with van der Waals surface area (Å²) in [4.78, 5) is 16.5. The Morgan fingerprint density at radius 2 is 1.86 bits per heavy atom. The van der Waals surface area contributed by atoms with Crippen LogP contribution in [0, 0.1) is 17.1 Å². The van der Waals surface area contributed by atoms with Crippen LogP contribution in [0.1, 0.15) is 22.9 Å². The number of aromatic nitrogens is 1. The SMILES string of the molecule is N#CC(NC(=O)Cc1csc(-c2ccc(C(F)(F)F)cc2)n1)c1ccccc1F. The van der Waals surface area contributed by atoms with Crippen LogP contribution in [-0.4, -0.2) is 10.9 Å². The minimum absolute atomic E-state index is 0.0621. The summed E-state index contributed by atoms with van der Waals surface area (Å²) in [7, 11) is 0. The molecule has 0 radical (unpaired) electrons. The van der Waals surface area contributed by atoms with Crippen molar-refractivity contribution in [3.05, 3.63) is 76.5 Å². The number of hydrogen-bond donors (Lipinski definition) is 1. The summed E-state index contributed by atoms with van der Waals surface area (Å²) in [5, 5.41) is 13.7. The van der Waals surface area contributed by atoms with Gasteiger partial charge in [0.05, 0.1) is 23.7 Å². The van der Waals surface area contributed by atoms with E-state index < -0.39 is 29.5 Å². The van der Waals surface area contributed by atoms with E-state index in [1.807, 2.05) is 6.07 Å². The van der Waals surface area contributed by atoms with Crippen LogP contribution in [0.15, 0.2) is 53.9 Å². The Morgan fingerprint density at radius 3 is 2.48 bits per heavy atom. The predicted molar refractivity (Wildman–Crippen MR) is 99.2 cm³/mol. The first-order valence-corrected chi connectivity index (χ1v) is 9.21. The van der Waals surface area contributed by atoms with Crippen molar-refractivity contribution < 1.29 is 22.4 Å². The third-order valence-corrected chi connectivity index (χ3v) is 4.94. The van der Waals surface area contributed by atoms with Gasteiger partial charge in [-0.3, -0.25) is 4.79 Å². The number of carbonyl (C=O) groups excluding carboxylic acids is 1. The van der Waals surface area contributed by atoms with Gasteiger partial charge in [-0.05, 0) is 18.2 Å². The molecule has 0 aliphatic heterocycles. The summed E-state index contributed by atoms with van der Waals surface area (Å²) in [6.45, 7) is 0. The fourth-order valence-corrected chi connectivity index (χ4v) is 3.41. The average Bonchev–Trinajstić information content (AvgIpc) is 3.14. The average molecular weight is 419 g/mol. The minimum Gasteiger partial charge on any atom is -0.336 e. The van der Waals surface area contributed by atoms with Crippen molar-refractivity contribution in [1.82, 2.24) is 10.3 Å². The maximum absolute atomic E-state index is 13.8. The smallest absolute Gasteiger partial charge is 0.336 e. The molecule has 4 nitrogen and oxygen atoms in total. The molecular weight excluding hydrogens is 406 g/mol. The lowest BCUT2D eigenvalue weighted by Crippen LogP contribution is -2.29. The fourth-order valence-electron chi connectivity index (χ4n) is 2.59. The number of benzene rings is 2. The van der Waals surface area contributed by atoms with Crippen LogP contribution < -0.4 is 5.32 Å². The second-order valence-electron chi connectivity index (χ2n) is 6.05. The van der Waals surface area contributed by atoms with Gasteiger partial charge in [-0.2, -0.15) is 18.4 Å². The number of nitrogens with one attached hydrogen (secondary N) is 1. The van der Waals surface area contributed by atoms with Crippen LogP contribution in [0.4, 0.5) is 17.6 Å². The lowest BCUT2D eigenvalue weighted by molar-refractivity contribution is -0.137. The van der Waals surface area contributed by atoms with Crippen molar-refractivity contribution in [1.29, 1.82) is 5.26 Å². The third kappa shape index (κ3) is 4.97. The molecule has 0 fully saturated rings. The lowest BCUT2D eigenvalue weighted by atomic mass is 10.1. The van der Waals surface area contributed by atoms with Gasteiger partial charge in [0.25, 0.3) is 0 Å². The molecule has 1 amide bonds. The standard InChI is InChI=1S/C20H13F4N3OS/c21-16-4-2-1-3-15(16)17(10-25)27-18(28)9-14-11-29-19(26-14)12-5-7-13(8-6-12)20(22,23)24/h1-8,11,17H,9H2,(H,27,28). The molecule has 3 aromatic rings. The van der Waals surface area contributed by atoms with Crippen LogP contribution in [0.2, 0.25) is 0 Å². The molecule has 2 aromatic carbocycles. The van der Waals surface area contributed by atoms with Crippen molar-refractivity contribution in [2.45, 2.75) is 18.6 Å². The first-order valence-electron chi connectivity index (χ1n) is 8.33. The van der Waals surface area contributed by atoms with E-state index >= 15 is 0 Å². The molecule has 1 unspecified atom stereocenters. The largest absolute Gasteiger partial charge is 0.416 e. The van der Waals surface area contributed by atoms with E-state index in [0.717, 1.165) is 12.1 Å². The van der Waals surface area contributed by atoms with E-state index in [-0.39, 0.29) is 12.0 Å². The van der Waals surface area contributed by atoms with E-state index in [2.05, 4.69) is 10.3 Å². The molecule has 0 aliphatic carbocycles. The van der Waals surface area contributed by atoms with Crippen LogP contribution in [0.5, 0.6) is 0 Å². The Bertz CT molecular complexity index is 1050. The zero-order valence-electron chi connectivity index (χ0n) is 14.7. The Balaban J connectivity index is 1.67. The molecule has 9 heteroatoms. The Kier molecular flexibility index (Phi) is 5.94. The zero-order valence-corrected chi connectivity index (χ0v) is 15.5. The molecule has 0 saturated carbocycles. The molecule has 1 aromatic heterocycles. The maximum atomic E-state index is 13.8. The van der Waals surface area contributed by atoms with Gasteiger partial charge in [0.15, 0.2) is 0 Å². The van der Waals surface area contributed by atoms with Crippen LogP contribution in [-0.2, 0) is 17.4 Å². The van der Waals surface area contributed by atoms with Gasteiger partial charge >= 0.3 is 6.18 Å². The van der Waals surface area contributed by atoms with Gasteiger partial charge in [0.2, 0.25) is 5.91 Å².